The van der Waals surface area contributed by atoms with Crippen molar-refractivity contribution in [1.82, 2.24) is 4.90 Å². The van der Waals surface area contributed by atoms with Crippen molar-refractivity contribution in [2.24, 2.45) is 5.92 Å². The van der Waals surface area contributed by atoms with E-state index in [4.69, 9.17) is 9.47 Å². The average molecular weight is 320 g/mol. The molecule has 2 amide bonds. The van der Waals surface area contributed by atoms with Crippen molar-refractivity contribution in [2.45, 2.75) is 26.8 Å². The molecule has 0 radical (unpaired) electrons. The summed E-state index contributed by atoms with van der Waals surface area (Å²) in [6, 6.07) is 4.92. The first-order valence-corrected chi connectivity index (χ1v) is 7.74. The summed E-state index contributed by atoms with van der Waals surface area (Å²) in [6.07, 6.45) is 0. The Bertz CT molecular complexity index is 600. The highest BCUT2D eigenvalue weighted by molar-refractivity contribution is 6.00. The van der Waals surface area contributed by atoms with Crippen LogP contribution in [0.1, 0.15) is 20.8 Å². The van der Waals surface area contributed by atoms with E-state index in [1.54, 1.807) is 43.1 Å². The molecule has 0 N–H and O–H groups in total. The molecule has 1 aromatic rings. The van der Waals surface area contributed by atoms with Gasteiger partial charge in [-0.2, -0.15) is 0 Å². The molecule has 23 heavy (non-hydrogen) atoms. The number of rotatable bonds is 4. The molecule has 0 bridgehead atoms. The normalized spacial score (nSPS) is 18.3. The summed E-state index contributed by atoms with van der Waals surface area (Å²) < 4.78 is 10.5. The Kier molecular flexibility index (Phi) is 5.13. The largest absolute Gasteiger partial charge is 0.493 e. The topological polar surface area (TPSA) is 59.1 Å². The van der Waals surface area contributed by atoms with Crippen molar-refractivity contribution >= 4 is 17.5 Å². The van der Waals surface area contributed by atoms with E-state index in [9.17, 15) is 9.59 Å². The molecule has 1 fully saturated rings. The number of piperazine rings is 1. The van der Waals surface area contributed by atoms with Crippen LogP contribution in [0.2, 0.25) is 0 Å². The molecule has 1 atom stereocenters. The minimum atomic E-state index is -0.466. The highest BCUT2D eigenvalue weighted by Gasteiger charge is 2.35. The van der Waals surface area contributed by atoms with Gasteiger partial charge in [0.1, 0.15) is 6.04 Å². The van der Waals surface area contributed by atoms with E-state index in [-0.39, 0.29) is 17.7 Å². The van der Waals surface area contributed by atoms with E-state index in [1.165, 1.54) is 0 Å². The highest BCUT2D eigenvalue weighted by atomic mass is 16.5. The summed E-state index contributed by atoms with van der Waals surface area (Å²) in [4.78, 5) is 28.2. The van der Waals surface area contributed by atoms with E-state index in [1.807, 2.05) is 19.9 Å². The molecule has 2 rings (SSSR count). The first kappa shape index (κ1) is 17.1. The van der Waals surface area contributed by atoms with Crippen LogP contribution in [0.4, 0.5) is 5.69 Å². The predicted molar refractivity (Wildman–Crippen MR) is 87.9 cm³/mol. The predicted octanol–water partition coefficient (Wildman–Crippen LogP) is 1.92. The SMILES string of the molecule is COc1ccc(N2CCN(C(=O)C(C)C)[C@H](C)C2=O)cc1OC. The molecular formula is C17H24N2O4. The molecule has 0 unspecified atom stereocenters. The molecule has 0 saturated carbocycles. The Balaban J connectivity index is 2.23. The smallest absolute Gasteiger partial charge is 0.249 e. The first-order chi connectivity index (χ1) is 10.9. The number of hydrogen-bond donors (Lipinski definition) is 0. The van der Waals surface area contributed by atoms with Gasteiger partial charge in [-0.3, -0.25) is 9.59 Å². The number of amides is 2. The standard InChI is InChI=1S/C17H24N2O4/c1-11(2)16(20)18-8-9-19(17(21)12(18)3)13-6-7-14(22-4)15(10-13)23-5/h6-7,10-12H,8-9H2,1-5H3/t12-/m1/s1. The Morgan fingerprint density at radius 2 is 1.83 bits per heavy atom. The molecule has 126 valence electrons. The van der Waals surface area contributed by atoms with Crippen LogP contribution in [0.25, 0.3) is 0 Å². The first-order valence-electron chi connectivity index (χ1n) is 7.74. The van der Waals surface area contributed by atoms with Crippen LogP contribution < -0.4 is 14.4 Å². The fourth-order valence-corrected chi connectivity index (χ4v) is 2.75. The average Bonchev–Trinajstić information content (AvgIpc) is 2.56. The van der Waals surface area contributed by atoms with Crippen molar-refractivity contribution in [3.05, 3.63) is 18.2 Å². The van der Waals surface area contributed by atoms with Gasteiger partial charge in [0, 0.05) is 30.8 Å². The van der Waals surface area contributed by atoms with E-state index >= 15 is 0 Å². The summed E-state index contributed by atoms with van der Waals surface area (Å²) in [5.74, 6) is 1.00. The van der Waals surface area contributed by atoms with E-state index in [0.29, 0.717) is 24.6 Å². The number of benzene rings is 1. The molecular weight excluding hydrogens is 296 g/mol. The quantitative estimate of drug-likeness (QED) is 0.850. The van der Waals surface area contributed by atoms with E-state index in [0.717, 1.165) is 5.69 Å². The van der Waals surface area contributed by atoms with Crippen LogP contribution in [0.15, 0.2) is 18.2 Å². The van der Waals surface area contributed by atoms with Gasteiger partial charge in [0.05, 0.1) is 14.2 Å². The second kappa shape index (κ2) is 6.89. The molecule has 1 aromatic carbocycles. The summed E-state index contributed by atoms with van der Waals surface area (Å²) in [7, 11) is 3.13. The van der Waals surface area contributed by atoms with Crippen molar-refractivity contribution in [1.29, 1.82) is 0 Å². The van der Waals surface area contributed by atoms with Gasteiger partial charge in [-0.15, -0.1) is 0 Å². The minimum absolute atomic E-state index is 0.0119. The van der Waals surface area contributed by atoms with Gasteiger partial charge in [-0.25, -0.2) is 0 Å². The zero-order valence-corrected chi connectivity index (χ0v) is 14.3. The molecule has 6 heteroatoms. The summed E-state index contributed by atoms with van der Waals surface area (Å²) in [5.41, 5.74) is 0.746. The van der Waals surface area contributed by atoms with Gasteiger partial charge in [0.15, 0.2) is 11.5 Å². The van der Waals surface area contributed by atoms with Crippen LogP contribution in [-0.4, -0.2) is 50.1 Å². The summed E-state index contributed by atoms with van der Waals surface area (Å²) >= 11 is 0. The lowest BCUT2D eigenvalue weighted by atomic mass is 10.1. The van der Waals surface area contributed by atoms with Crippen LogP contribution >= 0.6 is 0 Å². The highest BCUT2D eigenvalue weighted by Crippen LogP contribution is 2.32. The number of ether oxygens (including phenoxy) is 2. The van der Waals surface area contributed by atoms with Gasteiger partial charge in [0.2, 0.25) is 11.8 Å². The zero-order valence-electron chi connectivity index (χ0n) is 14.3. The maximum absolute atomic E-state index is 12.7. The molecule has 0 aromatic heterocycles. The van der Waals surface area contributed by atoms with Crippen LogP contribution in [0, 0.1) is 5.92 Å². The van der Waals surface area contributed by atoms with E-state index < -0.39 is 6.04 Å². The van der Waals surface area contributed by atoms with Crippen molar-refractivity contribution in [3.8, 4) is 11.5 Å². The Morgan fingerprint density at radius 3 is 2.39 bits per heavy atom. The minimum Gasteiger partial charge on any atom is -0.493 e. The second-order valence-electron chi connectivity index (χ2n) is 5.89. The third-order valence-corrected chi connectivity index (χ3v) is 4.11. The molecule has 1 saturated heterocycles. The molecule has 0 spiro atoms. The van der Waals surface area contributed by atoms with Gasteiger partial charge in [-0.05, 0) is 19.1 Å². The molecule has 6 nitrogen and oxygen atoms in total. The van der Waals surface area contributed by atoms with E-state index in [2.05, 4.69) is 0 Å². The fraction of sp³-hybridized carbons (Fsp3) is 0.529. The van der Waals surface area contributed by atoms with Crippen molar-refractivity contribution < 1.29 is 19.1 Å². The molecule has 1 heterocycles. The second-order valence-corrected chi connectivity index (χ2v) is 5.89. The maximum Gasteiger partial charge on any atom is 0.249 e. The fourth-order valence-electron chi connectivity index (χ4n) is 2.75. The zero-order chi connectivity index (χ0) is 17.1. The van der Waals surface area contributed by atoms with Gasteiger partial charge >= 0.3 is 0 Å². The Hall–Kier alpha value is -2.24. The number of methoxy groups -OCH3 is 2. The lowest BCUT2D eigenvalue weighted by molar-refractivity contribution is -0.143. The van der Waals surface area contributed by atoms with Crippen LogP contribution in [0.3, 0.4) is 0 Å². The summed E-state index contributed by atoms with van der Waals surface area (Å²) in [6.45, 7) is 6.46. The number of hydrogen-bond acceptors (Lipinski definition) is 4. The lowest BCUT2D eigenvalue weighted by Crippen LogP contribution is -2.58. The number of carbonyl (C=O) groups is 2. The van der Waals surface area contributed by atoms with Crippen molar-refractivity contribution in [2.75, 3.05) is 32.2 Å². The van der Waals surface area contributed by atoms with Gasteiger partial charge in [0.25, 0.3) is 0 Å². The Labute approximate surface area is 137 Å². The number of carbonyl (C=O) groups excluding carboxylic acids is 2. The third kappa shape index (κ3) is 3.25. The third-order valence-electron chi connectivity index (χ3n) is 4.11. The monoisotopic (exact) mass is 320 g/mol. The van der Waals surface area contributed by atoms with Gasteiger partial charge < -0.3 is 19.3 Å². The maximum atomic E-state index is 12.7. The lowest BCUT2D eigenvalue weighted by Gasteiger charge is -2.40. The van der Waals surface area contributed by atoms with Crippen molar-refractivity contribution in [3.63, 3.8) is 0 Å². The summed E-state index contributed by atoms with van der Waals surface area (Å²) in [5, 5.41) is 0. The molecule has 0 aliphatic carbocycles. The molecule has 1 aliphatic heterocycles. The van der Waals surface area contributed by atoms with Crippen LogP contribution in [-0.2, 0) is 9.59 Å². The number of anilines is 1. The number of nitrogens with zero attached hydrogens (tertiary/aromatic N) is 2. The Morgan fingerprint density at radius 1 is 1.17 bits per heavy atom. The van der Waals surface area contributed by atoms with Crippen LogP contribution in [0.5, 0.6) is 11.5 Å². The van der Waals surface area contributed by atoms with Gasteiger partial charge in [-0.1, -0.05) is 13.8 Å². The molecule has 1 aliphatic rings.